The van der Waals surface area contributed by atoms with Crippen molar-refractivity contribution in [1.82, 2.24) is 0 Å². The summed E-state index contributed by atoms with van der Waals surface area (Å²) in [6.07, 6.45) is 7.59. The Labute approximate surface area is 95.3 Å². The molecule has 1 radical (unpaired) electrons. The van der Waals surface area contributed by atoms with Crippen LogP contribution in [0.5, 0.6) is 0 Å². The van der Waals surface area contributed by atoms with Crippen LogP contribution in [0.4, 0.5) is 0 Å². The van der Waals surface area contributed by atoms with E-state index in [1.807, 2.05) is 12.1 Å². The van der Waals surface area contributed by atoms with Crippen LogP contribution < -0.4 is 0 Å². The maximum absolute atomic E-state index is 8.86. The van der Waals surface area contributed by atoms with Crippen LogP contribution >= 0.6 is 0 Å². The zero-order valence-corrected chi connectivity index (χ0v) is 9.02. The van der Waals surface area contributed by atoms with Crippen molar-refractivity contribution in [3.05, 3.63) is 35.4 Å². The zero-order chi connectivity index (χ0) is 11.2. The average Bonchev–Trinajstić information content (AvgIpc) is 2.83. The van der Waals surface area contributed by atoms with Gasteiger partial charge in [-0.3, -0.25) is 0 Å². The summed E-state index contributed by atoms with van der Waals surface area (Å²) >= 11 is 0. The molecule has 0 saturated heterocycles. The van der Waals surface area contributed by atoms with Gasteiger partial charge in [-0.05, 0) is 31.7 Å². The van der Waals surface area contributed by atoms with Crippen molar-refractivity contribution in [1.29, 1.82) is 5.26 Å². The predicted octanol–water partition coefficient (Wildman–Crippen LogP) is 2.73. The molecule has 1 aliphatic carbocycles. The molecule has 0 heterocycles. The van der Waals surface area contributed by atoms with Crippen LogP contribution in [0.1, 0.15) is 36.8 Å². The number of rotatable bonds is 3. The topological polar surface area (TPSA) is 45.4 Å². The molecule has 3 heteroatoms. The Morgan fingerprint density at radius 3 is 2.56 bits per heavy atom. The van der Waals surface area contributed by atoms with Gasteiger partial charge >= 0.3 is 0 Å². The molecule has 3 nitrogen and oxygen atoms in total. The first kappa shape index (κ1) is 10.7. The van der Waals surface area contributed by atoms with E-state index in [1.165, 1.54) is 12.8 Å². The van der Waals surface area contributed by atoms with E-state index < -0.39 is 0 Å². The highest BCUT2D eigenvalue weighted by atomic mass is 16.6. The molecule has 1 fully saturated rings. The second kappa shape index (κ2) is 5.32. The van der Waals surface area contributed by atoms with E-state index in [-0.39, 0.29) is 6.10 Å². The first-order valence-corrected chi connectivity index (χ1v) is 5.51. The largest absolute Gasteiger partial charge is 0.392 e. The summed E-state index contributed by atoms with van der Waals surface area (Å²) < 4.78 is 0. The zero-order valence-electron chi connectivity index (χ0n) is 9.02. The Morgan fingerprint density at radius 1 is 1.19 bits per heavy atom. The minimum Gasteiger partial charge on any atom is -0.392 e. The Kier molecular flexibility index (Phi) is 3.55. The molecule has 0 aliphatic heterocycles. The van der Waals surface area contributed by atoms with Crippen LogP contribution in [0.15, 0.2) is 29.4 Å². The molecular weight excluding hydrogens is 200 g/mol. The highest BCUT2D eigenvalue weighted by molar-refractivity contribution is 5.82. The molecule has 1 aliphatic rings. The Bertz CT molecular complexity index is 414. The maximum atomic E-state index is 8.86. The molecule has 1 saturated carbocycles. The van der Waals surface area contributed by atoms with Gasteiger partial charge in [-0.25, -0.2) is 0 Å². The third-order valence-corrected chi connectivity index (χ3v) is 2.72. The molecule has 2 rings (SSSR count). The normalized spacial score (nSPS) is 16.4. The molecule has 0 spiro atoms. The molecule has 0 atom stereocenters. The number of hydrogen-bond donors (Lipinski definition) is 0. The van der Waals surface area contributed by atoms with Gasteiger partial charge in [0.1, 0.15) is 12.3 Å². The second-order valence-electron chi connectivity index (χ2n) is 3.87. The van der Waals surface area contributed by atoms with Crippen molar-refractivity contribution >= 4 is 6.21 Å². The van der Waals surface area contributed by atoms with Gasteiger partial charge < -0.3 is 4.84 Å². The van der Waals surface area contributed by atoms with Crippen LogP contribution in [0, 0.1) is 11.3 Å². The molecule has 0 N–H and O–H groups in total. The summed E-state index contributed by atoms with van der Waals surface area (Å²) in [5.41, 5.74) is 1.25. The molecule has 0 bridgehead atoms. The highest BCUT2D eigenvalue weighted by Crippen LogP contribution is 2.20. The lowest BCUT2D eigenvalue weighted by Crippen LogP contribution is -2.02. The number of benzene rings is 1. The van der Waals surface area contributed by atoms with Gasteiger partial charge in [-0.1, -0.05) is 23.4 Å². The Balaban J connectivity index is 1.97. The van der Waals surface area contributed by atoms with Crippen molar-refractivity contribution in [3.8, 4) is 6.07 Å². The van der Waals surface area contributed by atoms with Gasteiger partial charge in [0.05, 0.1) is 11.6 Å². The lowest BCUT2D eigenvalue weighted by atomic mass is 10.1. The van der Waals surface area contributed by atoms with Crippen LogP contribution in [-0.4, -0.2) is 12.3 Å². The monoisotopic (exact) mass is 213 g/mol. The molecule has 1 aromatic carbocycles. The van der Waals surface area contributed by atoms with Crippen LogP contribution in [0.25, 0.3) is 0 Å². The molecule has 0 unspecified atom stereocenters. The van der Waals surface area contributed by atoms with Gasteiger partial charge in [0.15, 0.2) is 0 Å². The fourth-order valence-electron chi connectivity index (χ4n) is 1.82. The van der Waals surface area contributed by atoms with Crippen molar-refractivity contribution in [2.24, 2.45) is 5.16 Å². The van der Waals surface area contributed by atoms with Crippen LogP contribution in [0.3, 0.4) is 0 Å². The van der Waals surface area contributed by atoms with E-state index >= 15 is 0 Å². The standard InChI is InChI=1S/C13H13N2O/c14-9-11-5-1-2-6-12(11)10-15-16-13-7-3-4-8-13/h1-2,5-6,13H,3-4,7-8H2. The average molecular weight is 213 g/mol. The highest BCUT2D eigenvalue weighted by Gasteiger charge is 2.15. The summed E-state index contributed by atoms with van der Waals surface area (Å²) in [4.78, 5) is 5.31. The van der Waals surface area contributed by atoms with Crippen molar-refractivity contribution < 1.29 is 4.84 Å². The van der Waals surface area contributed by atoms with Gasteiger partial charge in [0.25, 0.3) is 0 Å². The van der Waals surface area contributed by atoms with Crippen molar-refractivity contribution in [2.75, 3.05) is 0 Å². The van der Waals surface area contributed by atoms with Crippen LogP contribution in [0.2, 0.25) is 0 Å². The lowest BCUT2D eigenvalue weighted by Gasteiger charge is -2.04. The summed E-state index contributed by atoms with van der Waals surface area (Å²) in [6.45, 7) is 0. The van der Waals surface area contributed by atoms with Gasteiger partial charge in [0.2, 0.25) is 0 Å². The molecule has 1 aromatic rings. The maximum Gasteiger partial charge on any atom is 0.141 e. The summed E-state index contributed by atoms with van der Waals surface area (Å²) in [7, 11) is 0. The third-order valence-electron chi connectivity index (χ3n) is 2.72. The predicted molar refractivity (Wildman–Crippen MR) is 61.0 cm³/mol. The van der Waals surface area contributed by atoms with E-state index in [0.717, 1.165) is 12.8 Å². The molecule has 0 amide bonds. The summed E-state index contributed by atoms with van der Waals surface area (Å²) in [5.74, 6) is 0. The van der Waals surface area contributed by atoms with Gasteiger partial charge in [0, 0.05) is 5.56 Å². The summed E-state index contributed by atoms with van der Waals surface area (Å²) in [5, 5.41) is 12.7. The van der Waals surface area contributed by atoms with Gasteiger partial charge in [-0.15, -0.1) is 0 Å². The first-order chi connectivity index (χ1) is 7.90. The summed E-state index contributed by atoms with van der Waals surface area (Å²) in [6, 6.07) is 9.32. The van der Waals surface area contributed by atoms with E-state index in [0.29, 0.717) is 11.1 Å². The van der Waals surface area contributed by atoms with E-state index in [9.17, 15) is 0 Å². The van der Waals surface area contributed by atoms with Gasteiger partial charge in [-0.2, -0.15) is 5.26 Å². The van der Waals surface area contributed by atoms with Crippen molar-refractivity contribution in [3.63, 3.8) is 0 Å². The van der Waals surface area contributed by atoms with Crippen LogP contribution in [-0.2, 0) is 4.84 Å². The number of hydrogen-bond acceptors (Lipinski definition) is 3. The Morgan fingerprint density at radius 2 is 1.88 bits per heavy atom. The Hall–Kier alpha value is -1.82. The van der Waals surface area contributed by atoms with E-state index in [1.54, 1.807) is 12.1 Å². The first-order valence-electron chi connectivity index (χ1n) is 5.51. The quantitative estimate of drug-likeness (QED) is 0.572. The smallest absolute Gasteiger partial charge is 0.141 e. The minimum atomic E-state index is 0.238. The van der Waals surface area contributed by atoms with Crippen molar-refractivity contribution in [2.45, 2.75) is 31.8 Å². The molecular formula is C13H13N2O. The minimum absolute atomic E-state index is 0.238. The fourth-order valence-corrected chi connectivity index (χ4v) is 1.82. The number of nitriles is 1. The third kappa shape index (κ3) is 2.60. The van der Waals surface area contributed by atoms with E-state index in [2.05, 4.69) is 17.4 Å². The molecule has 0 aromatic heterocycles. The second-order valence-corrected chi connectivity index (χ2v) is 3.87. The number of nitrogens with zero attached hydrogens (tertiary/aromatic N) is 2. The lowest BCUT2D eigenvalue weighted by molar-refractivity contribution is 0.0657. The fraction of sp³-hybridized carbons (Fsp3) is 0.385. The van der Waals surface area contributed by atoms with E-state index in [4.69, 9.17) is 10.1 Å². The SMILES string of the molecule is N#Cc1ccccc1/[C]=N/OC1CCCC1. The molecule has 16 heavy (non-hydrogen) atoms. The molecule has 81 valence electrons.